The standard InChI is InChI=1S/C26H25N3O5/c1-33-18-12-13-23(34-2)21(14-18)22(30)15-27-25(31)24-19-10-6-7-11-20(19)26(32)29(28-24)16-17-8-4-3-5-9-17/h3-14,22,30H,15-16H2,1-2H3,(H,27,31). The molecular formula is C26H25N3O5. The Morgan fingerprint density at radius 1 is 1.00 bits per heavy atom. The molecule has 1 heterocycles. The second-order valence-electron chi connectivity index (χ2n) is 7.68. The summed E-state index contributed by atoms with van der Waals surface area (Å²) in [6.45, 7) is 0.143. The fourth-order valence-corrected chi connectivity index (χ4v) is 3.75. The second-order valence-corrected chi connectivity index (χ2v) is 7.68. The average molecular weight is 460 g/mol. The van der Waals surface area contributed by atoms with Crippen LogP contribution in [0, 0.1) is 0 Å². The largest absolute Gasteiger partial charge is 0.497 e. The summed E-state index contributed by atoms with van der Waals surface area (Å²) in [5.41, 5.74) is 1.20. The third-order valence-corrected chi connectivity index (χ3v) is 5.51. The van der Waals surface area contributed by atoms with E-state index in [0.29, 0.717) is 27.8 Å². The van der Waals surface area contributed by atoms with E-state index >= 15 is 0 Å². The highest BCUT2D eigenvalue weighted by Crippen LogP contribution is 2.29. The maximum Gasteiger partial charge on any atom is 0.274 e. The van der Waals surface area contributed by atoms with E-state index < -0.39 is 12.0 Å². The van der Waals surface area contributed by atoms with Crippen LogP contribution in [0.3, 0.4) is 0 Å². The number of benzene rings is 3. The molecule has 0 aliphatic rings. The molecule has 1 atom stereocenters. The van der Waals surface area contributed by atoms with Crippen molar-refractivity contribution < 1.29 is 19.4 Å². The second kappa shape index (κ2) is 10.2. The number of carbonyl (C=O) groups is 1. The molecule has 34 heavy (non-hydrogen) atoms. The Balaban J connectivity index is 1.62. The molecule has 0 aliphatic carbocycles. The molecule has 1 unspecified atom stereocenters. The molecule has 4 rings (SSSR count). The summed E-state index contributed by atoms with van der Waals surface area (Å²) in [6.07, 6.45) is -1.05. The molecule has 0 saturated carbocycles. The molecule has 0 spiro atoms. The van der Waals surface area contributed by atoms with E-state index in [1.54, 1.807) is 42.5 Å². The van der Waals surface area contributed by atoms with Gasteiger partial charge >= 0.3 is 0 Å². The van der Waals surface area contributed by atoms with Gasteiger partial charge in [-0.05, 0) is 29.8 Å². The van der Waals surface area contributed by atoms with Crippen LogP contribution in [0.2, 0.25) is 0 Å². The normalized spacial score (nSPS) is 11.7. The Morgan fingerprint density at radius 2 is 1.71 bits per heavy atom. The van der Waals surface area contributed by atoms with Gasteiger partial charge in [0.1, 0.15) is 17.6 Å². The molecule has 8 nitrogen and oxygen atoms in total. The van der Waals surface area contributed by atoms with Gasteiger partial charge in [0.25, 0.3) is 11.5 Å². The number of hydrogen-bond donors (Lipinski definition) is 2. The predicted molar refractivity (Wildman–Crippen MR) is 128 cm³/mol. The van der Waals surface area contributed by atoms with Crippen LogP contribution in [0.5, 0.6) is 11.5 Å². The van der Waals surface area contributed by atoms with Gasteiger partial charge in [0, 0.05) is 17.5 Å². The summed E-state index contributed by atoms with van der Waals surface area (Å²) in [5, 5.41) is 18.7. The van der Waals surface area contributed by atoms with Gasteiger partial charge in [-0.15, -0.1) is 0 Å². The summed E-state index contributed by atoms with van der Waals surface area (Å²) in [4.78, 5) is 26.1. The molecule has 1 amide bonds. The number of hydrogen-bond acceptors (Lipinski definition) is 6. The summed E-state index contributed by atoms with van der Waals surface area (Å²) >= 11 is 0. The molecule has 8 heteroatoms. The number of aromatic nitrogens is 2. The highest BCUT2D eigenvalue weighted by molar-refractivity contribution is 6.04. The minimum atomic E-state index is -1.05. The number of fused-ring (bicyclic) bond motifs is 1. The number of methoxy groups -OCH3 is 2. The lowest BCUT2D eigenvalue weighted by atomic mass is 10.1. The third kappa shape index (κ3) is 4.77. The van der Waals surface area contributed by atoms with Crippen LogP contribution >= 0.6 is 0 Å². The highest BCUT2D eigenvalue weighted by Gasteiger charge is 2.20. The van der Waals surface area contributed by atoms with Gasteiger partial charge in [-0.3, -0.25) is 9.59 Å². The summed E-state index contributed by atoms with van der Waals surface area (Å²) in [5.74, 6) is 0.531. The molecular weight excluding hydrogens is 434 g/mol. The van der Waals surface area contributed by atoms with Gasteiger partial charge in [0.15, 0.2) is 5.69 Å². The van der Waals surface area contributed by atoms with Crippen molar-refractivity contribution in [3.05, 3.63) is 100.0 Å². The first-order chi connectivity index (χ1) is 16.5. The predicted octanol–water partition coefficient (Wildman–Crippen LogP) is 2.93. The van der Waals surface area contributed by atoms with E-state index in [9.17, 15) is 14.7 Å². The quantitative estimate of drug-likeness (QED) is 0.420. The van der Waals surface area contributed by atoms with Crippen molar-refractivity contribution in [2.45, 2.75) is 12.6 Å². The molecule has 4 aromatic rings. The molecule has 0 saturated heterocycles. The van der Waals surface area contributed by atoms with Crippen LogP contribution in [-0.2, 0) is 6.54 Å². The van der Waals surface area contributed by atoms with Crippen molar-refractivity contribution >= 4 is 16.7 Å². The number of nitrogens with zero attached hydrogens (tertiary/aromatic N) is 2. The Kier molecular flexibility index (Phi) is 6.89. The SMILES string of the molecule is COc1ccc(OC)c(C(O)CNC(=O)c2nn(Cc3ccccc3)c(=O)c3ccccc23)c1. The molecule has 0 fully saturated rings. The number of nitrogens with one attached hydrogen (secondary N) is 1. The highest BCUT2D eigenvalue weighted by atomic mass is 16.5. The Morgan fingerprint density at radius 3 is 2.41 bits per heavy atom. The Labute approximate surface area is 196 Å². The monoisotopic (exact) mass is 459 g/mol. The van der Waals surface area contributed by atoms with Crippen molar-refractivity contribution in [1.29, 1.82) is 0 Å². The zero-order valence-electron chi connectivity index (χ0n) is 18.9. The molecule has 174 valence electrons. The zero-order valence-corrected chi connectivity index (χ0v) is 18.9. The van der Waals surface area contributed by atoms with Gasteiger partial charge in [0.05, 0.1) is 26.2 Å². The van der Waals surface area contributed by atoms with Crippen LogP contribution in [0.1, 0.15) is 27.7 Å². The molecule has 0 aliphatic heterocycles. The number of amides is 1. The van der Waals surface area contributed by atoms with E-state index in [-0.39, 0.29) is 24.3 Å². The summed E-state index contributed by atoms with van der Waals surface area (Å²) < 4.78 is 11.8. The van der Waals surface area contributed by atoms with Gasteiger partial charge in [-0.25, -0.2) is 4.68 Å². The topological polar surface area (TPSA) is 103 Å². The van der Waals surface area contributed by atoms with Crippen molar-refractivity contribution in [3.8, 4) is 11.5 Å². The van der Waals surface area contributed by atoms with Gasteiger partial charge < -0.3 is 19.9 Å². The fourth-order valence-electron chi connectivity index (χ4n) is 3.75. The number of ether oxygens (including phenoxy) is 2. The number of carbonyl (C=O) groups excluding carboxylic acids is 1. The first-order valence-corrected chi connectivity index (χ1v) is 10.7. The molecule has 2 N–H and O–H groups in total. The van der Waals surface area contributed by atoms with Crippen LogP contribution in [0.25, 0.3) is 10.8 Å². The van der Waals surface area contributed by atoms with E-state index in [2.05, 4.69) is 10.4 Å². The number of aliphatic hydroxyl groups is 1. The molecule has 0 bridgehead atoms. The minimum absolute atomic E-state index is 0.0871. The minimum Gasteiger partial charge on any atom is -0.497 e. The van der Waals surface area contributed by atoms with Crippen LogP contribution in [-0.4, -0.2) is 41.6 Å². The van der Waals surface area contributed by atoms with Crippen LogP contribution < -0.4 is 20.3 Å². The maximum absolute atomic E-state index is 13.1. The number of rotatable bonds is 8. The maximum atomic E-state index is 13.1. The van der Waals surface area contributed by atoms with Crippen molar-refractivity contribution in [3.63, 3.8) is 0 Å². The fraction of sp³-hybridized carbons (Fsp3) is 0.192. The van der Waals surface area contributed by atoms with Crippen molar-refractivity contribution in [2.75, 3.05) is 20.8 Å². The van der Waals surface area contributed by atoms with Crippen LogP contribution in [0.15, 0.2) is 77.6 Å². The van der Waals surface area contributed by atoms with Gasteiger partial charge in [-0.2, -0.15) is 5.10 Å². The lowest BCUT2D eigenvalue weighted by Gasteiger charge is -2.17. The lowest BCUT2D eigenvalue weighted by molar-refractivity contribution is 0.0909. The van der Waals surface area contributed by atoms with E-state index in [1.165, 1.54) is 18.9 Å². The number of aliphatic hydroxyl groups excluding tert-OH is 1. The zero-order chi connectivity index (χ0) is 24.1. The first-order valence-electron chi connectivity index (χ1n) is 10.7. The smallest absolute Gasteiger partial charge is 0.274 e. The Hall–Kier alpha value is -4.17. The average Bonchev–Trinajstić information content (AvgIpc) is 2.88. The molecule has 0 radical (unpaired) electrons. The van der Waals surface area contributed by atoms with E-state index in [0.717, 1.165) is 5.56 Å². The van der Waals surface area contributed by atoms with E-state index in [4.69, 9.17) is 9.47 Å². The summed E-state index contributed by atoms with van der Waals surface area (Å²) in [7, 11) is 3.03. The van der Waals surface area contributed by atoms with Crippen molar-refractivity contribution in [2.24, 2.45) is 0 Å². The van der Waals surface area contributed by atoms with Gasteiger partial charge in [0.2, 0.25) is 0 Å². The van der Waals surface area contributed by atoms with E-state index in [1.807, 2.05) is 30.3 Å². The molecule has 3 aromatic carbocycles. The lowest BCUT2D eigenvalue weighted by Crippen LogP contribution is -2.33. The van der Waals surface area contributed by atoms with Crippen molar-refractivity contribution in [1.82, 2.24) is 15.1 Å². The first kappa shape index (κ1) is 23.0. The summed E-state index contributed by atoms with van der Waals surface area (Å²) in [6, 6.07) is 21.3. The molecule has 1 aromatic heterocycles. The van der Waals surface area contributed by atoms with Crippen LogP contribution in [0.4, 0.5) is 0 Å². The van der Waals surface area contributed by atoms with Gasteiger partial charge in [-0.1, -0.05) is 48.5 Å². The Bertz CT molecular complexity index is 1370. The third-order valence-electron chi connectivity index (χ3n) is 5.51.